The molecular formula is C20H14ClFN4O. The number of pyridine rings is 2. The molecule has 0 radical (unpaired) electrons. The number of nitriles is 1. The monoisotopic (exact) mass is 380 g/mol. The Labute approximate surface area is 160 Å². The van der Waals surface area contributed by atoms with E-state index in [1.807, 2.05) is 19.9 Å². The molecule has 27 heavy (non-hydrogen) atoms. The number of aliphatic imine (C=N–C) groups is 1. The van der Waals surface area contributed by atoms with Crippen molar-refractivity contribution in [2.75, 3.05) is 0 Å². The van der Waals surface area contributed by atoms with Crippen molar-refractivity contribution >= 4 is 23.0 Å². The number of benzene rings is 1. The van der Waals surface area contributed by atoms with E-state index in [0.29, 0.717) is 16.9 Å². The molecule has 3 rings (SSSR count). The molecule has 2 heterocycles. The second-order valence-electron chi connectivity index (χ2n) is 5.86. The van der Waals surface area contributed by atoms with Crippen molar-refractivity contribution in [2.45, 2.75) is 13.8 Å². The van der Waals surface area contributed by atoms with Crippen molar-refractivity contribution in [3.8, 4) is 23.1 Å². The Balaban J connectivity index is 2.12. The molecule has 0 saturated heterocycles. The molecule has 0 amide bonds. The van der Waals surface area contributed by atoms with Gasteiger partial charge in [0.1, 0.15) is 17.6 Å². The average molecular weight is 381 g/mol. The van der Waals surface area contributed by atoms with Crippen molar-refractivity contribution < 1.29 is 9.50 Å². The van der Waals surface area contributed by atoms with Crippen LogP contribution in [0.25, 0.3) is 11.3 Å². The molecule has 1 aromatic carbocycles. The standard InChI is InChI=1S/C20H14ClFN4O/c1-11-7-13(8-12(2)25-11)19-20(27)15(5-6-24-19)18(10-23)26-14-3-4-17(22)16(21)9-14/h3-9,27H,1-2H3/b26-18+. The molecule has 0 aliphatic rings. The molecule has 7 heteroatoms. The molecule has 0 spiro atoms. The van der Waals surface area contributed by atoms with E-state index in [1.165, 1.54) is 24.4 Å². The van der Waals surface area contributed by atoms with Crippen molar-refractivity contribution in [3.05, 3.63) is 70.4 Å². The molecule has 134 valence electrons. The Hall–Kier alpha value is -3.30. The number of rotatable bonds is 3. The molecule has 2 aromatic heterocycles. The van der Waals surface area contributed by atoms with Crippen LogP contribution in [-0.2, 0) is 0 Å². The highest BCUT2D eigenvalue weighted by atomic mass is 35.5. The zero-order valence-electron chi connectivity index (χ0n) is 14.5. The molecule has 0 aliphatic carbocycles. The Morgan fingerprint density at radius 2 is 1.89 bits per heavy atom. The van der Waals surface area contributed by atoms with Crippen molar-refractivity contribution in [1.29, 1.82) is 5.26 Å². The van der Waals surface area contributed by atoms with Crippen molar-refractivity contribution in [2.24, 2.45) is 4.99 Å². The number of aryl methyl sites for hydroxylation is 2. The highest BCUT2D eigenvalue weighted by molar-refractivity contribution is 6.31. The molecular weight excluding hydrogens is 367 g/mol. The first-order valence-electron chi connectivity index (χ1n) is 7.97. The molecule has 5 nitrogen and oxygen atoms in total. The predicted molar refractivity (Wildman–Crippen MR) is 102 cm³/mol. The number of hydrogen-bond acceptors (Lipinski definition) is 5. The maximum atomic E-state index is 13.3. The Morgan fingerprint density at radius 1 is 1.19 bits per heavy atom. The minimum atomic E-state index is -0.577. The summed E-state index contributed by atoms with van der Waals surface area (Å²) in [5, 5.41) is 20.1. The van der Waals surface area contributed by atoms with Gasteiger partial charge in [-0.15, -0.1) is 0 Å². The second kappa shape index (κ2) is 7.52. The van der Waals surface area contributed by atoms with Gasteiger partial charge in [0, 0.05) is 23.1 Å². The van der Waals surface area contributed by atoms with Gasteiger partial charge in [0.2, 0.25) is 0 Å². The van der Waals surface area contributed by atoms with E-state index in [9.17, 15) is 14.8 Å². The van der Waals surface area contributed by atoms with Crippen LogP contribution in [0.15, 0.2) is 47.6 Å². The van der Waals surface area contributed by atoms with E-state index in [4.69, 9.17) is 11.6 Å². The van der Waals surface area contributed by atoms with Gasteiger partial charge >= 0.3 is 0 Å². The molecule has 0 aliphatic heterocycles. The van der Waals surface area contributed by atoms with Gasteiger partial charge < -0.3 is 5.11 Å². The lowest BCUT2D eigenvalue weighted by molar-refractivity contribution is 0.474. The van der Waals surface area contributed by atoms with Crippen LogP contribution >= 0.6 is 11.6 Å². The number of halogens is 2. The van der Waals surface area contributed by atoms with Gasteiger partial charge in [-0.3, -0.25) is 9.97 Å². The minimum Gasteiger partial charge on any atom is -0.505 e. The summed E-state index contributed by atoms with van der Waals surface area (Å²) < 4.78 is 13.3. The first-order chi connectivity index (χ1) is 12.9. The van der Waals surface area contributed by atoms with Crippen LogP contribution in [0.5, 0.6) is 5.75 Å². The SMILES string of the molecule is Cc1cc(-c2nccc(/C(C#N)=N/c3ccc(F)c(Cl)c3)c2O)cc(C)n1. The fourth-order valence-electron chi connectivity index (χ4n) is 2.66. The number of nitrogens with zero attached hydrogens (tertiary/aromatic N) is 4. The summed E-state index contributed by atoms with van der Waals surface area (Å²) in [5.74, 6) is -0.748. The largest absolute Gasteiger partial charge is 0.505 e. The van der Waals surface area contributed by atoms with Gasteiger partial charge in [-0.2, -0.15) is 5.26 Å². The van der Waals surface area contributed by atoms with Crippen LogP contribution in [-0.4, -0.2) is 20.8 Å². The van der Waals surface area contributed by atoms with Crippen LogP contribution in [0.2, 0.25) is 5.02 Å². The summed E-state index contributed by atoms with van der Waals surface area (Å²) in [7, 11) is 0. The van der Waals surface area contributed by atoms with Crippen LogP contribution in [0.4, 0.5) is 10.1 Å². The predicted octanol–water partition coefficient (Wildman–Crippen LogP) is 4.90. The van der Waals surface area contributed by atoms with Crippen LogP contribution < -0.4 is 0 Å². The zero-order valence-corrected chi connectivity index (χ0v) is 15.3. The van der Waals surface area contributed by atoms with Gasteiger partial charge in [0.05, 0.1) is 16.3 Å². The first kappa shape index (κ1) is 18.5. The van der Waals surface area contributed by atoms with Crippen LogP contribution in [0.3, 0.4) is 0 Å². The van der Waals surface area contributed by atoms with Crippen LogP contribution in [0, 0.1) is 31.0 Å². The molecule has 1 N–H and O–H groups in total. The third-order valence-corrected chi connectivity index (χ3v) is 4.07. The van der Waals surface area contributed by atoms with E-state index in [1.54, 1.807) is 12.1 Å². The third kappa shape index (κ3) is 3.94. The number of aromatic nitrogens is 2. The van der Waals surface area contributed by atoms with E-state index in [2.05, 4.69) is 15.0 Å². The molecule has 0 unspecified atom stereocenters. The minimum absolute atomic E-state index is 0.0404. The summed E-state index contributed by atoms with van der Waals surface area (Å²) in [6.07, 6.45) is 1.49. The lowest BCUT2D eigenvalue weighted by atomic mass is 10.0. The summed E-state index contributed by atoms with van der Waals surface area (Å²) in [6.45, 7) is 3.69. The summed E-state index contributed by atoms with van der Waals surface area (Å²) in [6, 6.07) is 10.9. The highest BCUT2D eigenvalue weighted by Crippen LogP contribution is 2.32. The maximum Gasteiger partial charge on any atom is 0.152 e. The Bertz CT molecular complexity index is 1090. The van der Waals surface area contributed by atoms with Gasteiger partial charge in [-0.05, 0) is 50.2 Å². The average Bonchev–Trinajstić information content (AvgIpc) is 2.62. The molecule has 0 fully saturated rings. The normalized spacial score (nSPS) is 11.3. The smallest absolute Gasteiger partial charge is 0.152 e. The first-order valence-corrected chi connectivity index (χ1v) is 8.34. The maximum absolute atomic E-state index is 13.3. The summed E-state index contributed by atoms with van der Waals surface area (Å²) in [4.78, 5) is 12.7. The van der Waals surface area contributed by atoms with Gasteiger partial charge in [-0.25, -0.2) is 9.38 Å². The van der Waals surface area contributed by atoms with Crippen LogP contribution in [0.1, 0.15) is 17.0 Å². The van der Waals surface area contributed by atoms with E-state index in [-0.39, 0.29) is 22.0 Å². The fraction of sp³-hybridized carbons (Fsp3) is 0.100. The van der Waals surface area contributed by atoms with E-state index >= 15 is 0 Å². The topological polar surface area (TPSA) is 82.2 Å². The molecule has 3 aromatic rings. The van der Waals surface area contributed by atoms with Gasteiger partial charge in [-0.1, -0.05) is 11.6 Å². The van der Waals surface area contributed by atoms with Gasteiger partial charge in [0.25, 0.3) is 0 Å². The van der Waals surface area contributed by atoms with E-state index < -0.39 is 5.82 Å². The quantitative estimate of drug-likeness (QED) is 0.655. The van der Waals surface area contributed by atoms with E-state index in [0.717, 1.165) is 17.5 Å². The molecule has 0 atom stereocenters. The lowest BCUT2D eigenvalue weighted by Crippen LogP contribution is -2.00. The summed E-state index contributed by atoms with van der Waals surface area (Å²) in [5.41, 5.74) is 3.05. The molecule has 0 bridgehead atoms. The third-order valence-electron chi connectivity index (χ3n) is 3.78. The Kier molecular flexibility index (Phi) is 5.15. The number of hydrogen-bond donors (Lipinski definition) is 1. The second-order valence-corrected chi connectivity index (χ2v) is 6.27. The fourth-order valence-corrected chi connectivity index (χ4v) is 2.83. The van der Waals surface area contributed by atoms with Gasteiger partial charge in [0.15, 0.2) is 11.5 Å². The number of aromatic hydroxyl groups is 1. The van der Waals surface area contributed by atoms with Crippen molar-refractivity contribution in [3.63, 3.8) is 0 Å². The lowest BCUT2D eigenvalue weighted by Gasteiger charge is -2.09. The highest BCUT2D eigenvalue weighted by Gasteiger charge is 2.16. The Morgan fingerprint density at radius 3 is 2.52 bits per heavy atom. The summed E-state index contributed by atoms with van der Waals surface area (Å²) >= 11 is 5.76. The molecule has 0 saturated carbocycles. The van der Waals surface area contributed by atoms with Crippen molar-refractivity contribution in [1.82, 2.24) is 9.97 Å². The zero-order chi connectivity index (χ0) is 19.6.